The normalized spacial score (nSPS) is 20.6. The molecule has 0 bridgehead atoms. The summed E-state index contributed by atoms with van der Waals surface area (Å²) >= 11 is 6.78. The Labute approximate surface area is 195 Å². The van der Waals surface area contributed by atoms with Gasteiger partial charge in [0.05, 0.1) is 12.0 Å². The number of hydrogen-bond acceptors (Lipinski definition) is 5. The Bertz CT molecular complexity index is 823. The van der Waals surface area contributed by atoms with Crippen LogP contribution in [0.3, 0.4) is 0 Å². The van der Waals surface area contributed by atoms with Crippen molar-refractivity contribution in [2.75, 3.05) is 20.2 Å². The summed E-state index contributed by atoms with van der Waals surface area (Å²) in [6, 6.07) is 8.02. The minimum atomic E-state index is -0.0269. The smallest absolute Gasteiger partial charge is 0.266 e. The number of piperidine rings is 1. The second kappa shape index (κ2) is 11.7. The zero-order valence-corrected chi connectivity index (χ0v) is 20.1. The van der Waals surface area contributed by atoms with Crippen LogP contribution in [0.5, 0.6) is 5.75 Å². The van der Waals surface area contributed by atoms with Gasteiger partial charge in [-0.15, -0.1) is 0 Å². The van der Waals surface area contributed by atoms with E-state index < -0.39 is 0 Å². The molecule has 2 amide bonds. The molecule has 2 fully saturated rings. The molecule has 0 N–H and O–H groups in total. The summed E-state index contributed by atoms with van der Waals surface area (Å²) in [5.74, 6) is 1.05. The third-order valence-electron chi connectivity index (χ3n) is 5.98. The molecule has 2 aliphatic rings. The molecular weight excluding hydrogens is 428 g/mol. The number of thiocarbonyl (C=S) groups is 1. The molecule has 168 valence electrons. The molecule has 7 heteroatoms. The van der Waals surface area contributed by atoms with Gasteiger partial charge in [0.15, 0.2) is 0 Å². The lowest BCUT2D eigenvalue weighted by Gasteiger charge is -2.35. The van der Waals surface area contributed by atoms with E-state index in [2.05, 4.69) is 11.8 Å². The molecule has 0 aliphatic carbocycles. The number of rotatable bonds is 9. The Morgan fingerprint density at radius 2 is 2.00 bits per heavy atom. The lowest BCUT2D eigenvalue weighted by molar-refractivity contribution is -0.135. The van der Waals surface area contributed by atoms with E-state index in [1.165, 1.54) is 18.2 Å². The van der Waals surface area contributed by atoms with Crippen LogP contribution in [0.1, 0.15) is 63.9 Å². The number of hydrogen-bond donors (Lipinski definition) is 0. The molecule has 0 spiro atoms. The monoisotopic (exact) mass is 460 g/mol. The Morgan fingerprint density at radius 3 is 2.71 bits per heavy atom. The topological polar surface area (TPSA) is 49.9 Å². The molecule has 0 aromatic heterocycles. The van der Waals surface area contributed by atoms with E-state index in [-0.39, 0.29) is 5.91 Å². The number of amides is 2. The van der Waals surface area contributed by atoms with Crippen molar-refractivity contribution in [3.05, 3.63) is 34.7 Å². The number of carbonyl (C=O) groups excluding carboxylic acids is 2. The molecule has 1 aromatic rings. The van der Waals surface area contributed by atoms with Gasteiger partial charge in [0.2, 0.25) is 5.91 Å². The maximum atomic E-state index is 12.8. The van der Waals surface area contributed by atoms with Gasteiger partial charge in [-0.1, -0.05) is 49.5 Å². The van der Waals surface area contributed by atoms with Crippen molar-refractivity contribution in [2.45, 2.75) is 64.3 Å². The SMILES string of the molecule is CC[C@H]1CCCCN1C(=O)CCCCCN1C(=O)/C(=C/c2ccc(OC)cc2)SC1=S. The molecule has 2 aliphatic heterocycles. The fraction of sp³-hybridized carbons (Fsp3) is 0.542. The van der Waals surface area contributed by atoms with Crippen LogP contribution in [0.2, 0.25) is 0 Å². The van der Waals surface area contributed by atoms with Crippen molar-refractivity contribution >= 4 is 46.2 Å². The molecule has 0 saturated carbocycles. The highest BCUT2D eigenvalue weighted by atomic mass is 32.2. The minimum absolute atomic E-state index is 0.0269. The summed E-state index contributed by atoms with van der Waals surface area (Å²) in [7, 11) is 1.63. The van der Waals surface area contributed by atoms with Gasteiger partial charge in [-0.05, 0) is 62.3 Å². The number of unbranched alkanes of at least 4 members (excludes halogenated alkanes) is 2. The molecule has 2 saturated heterocycles. The zero-order valence-electron chi connectivity index (χ0n) is 18.5. The van der Waals surface area contributed by atoms with Crippen molar-refractivity contribution in [3.63, 3.8) is 0 Å². The van der Waals surface area contributed by atoms with Crippen LogP contribution in [0.15, 0.2) is 29.2 Å². The number of benzene rings is 1. The van der Waals surface area contributed by atoms with Gasteiger partial charge in [-0.2, -0.15) is 0 Å². The van der Waals surface area contributed by atoms with Gasteiger partial charge in [0.1, 0.15) is 10.1 Å². The number of ether oxygens (including phenoxy) is 1. The van der Waals surface area contributed by atoms with E-state index in [0.29, 0.717) is 34.1 Å². The first-order valence-electron chi connectivity index (χ1n) is 11.2. The van der Waals surface area contributed by atoms with Crippen LogP contribution in [-0.2, 0) is 9.59 Å². The number of methoxy groups -OCH3 is 1. The Hall–Kier alpha value is -1.86. The minimum Gasteiger partial charge on any atom is -0.497 e. The molecule has 0 unspecified atom stereocenters. The fourth-order valence-electron chi connectivity index (χ4n) is 4.16. The van der Waals surface area contributed by atoms with E-state index in [1.54, 1.807) is 12.0 Å². The van der Waals surface area contributed by atoms with E-state index >= 15 is 0 Å². The maximum absolute atomic E-state index is 12.8. The largest absolute Gasteiger partial charge is 0.497 e. The predicted molar refractivity (Wildman–Crippen MR) is 131 cm³/mol. The molecule has 1 aromatic carbocycles. The highest BCUT2D eigenvalue weighted by Crippen LogP contribution is 2.33. The predicted octanol–water partition coefficient (Wildman–Crippen LogP) is 5.25. The highest BCUT2D eigenvalue weighted by Gasteiger charge is 2.31. The number of carbonyl (C=O) groups is 2. The number of thioether (sulfide) groups is 1. The van der Waals surface area contributed by atoms with Gasteiger partial charge in [-0.3, -0.25) is 14.5 Å². The van der Waals surface area contributed by atoms with Crippen LogP contribution in [-0.4, -0.2) is 52.2 Å². The van der Waals surface area contributed by atoms with Gasteiger partial charge in [0.25, 0.3) is 5.91 Å². The number of likely N-dealkylation sites (tertiary alicyclic amines) is 1. The van der Waals surface area contributed by atoms with E-state index in [9.17, 15) is 9.59 Å². The first kappa shape index (κ1) is 23.8. The number of nitrogens with zero attached hydrogens (tertiary/aromatic N) is 2. The van der Waals surface area contributed by atoms with Gasteiger partial charge in [0, 0.05) is 25.6 Å². The van der Waals surface area contributed by atoms with Gasteiger partial charge >= 0.3 is 0 Å². The Morgan fingerprint density at radius 1 is 1.23 bits per heavy atom. The molecular formula is C24H32N2O3S2. The first-order valence-corrected chi connectivity index (χ1v) is 12.4. The Kier molecular flexibility index (Phi) is 8.96. The lowest BCUT2D eigenvalue weighted by Crippen LogP contribution is -2.43. The van der Waals surface area contributed by atoms with E-state index in [0.717, 1.165) is 56.4 Å². The summed E-state index contributed by atoms with van der Waals surface area (Å²) in [5.41, 5.74) is 0.947. The molecule has 31 heavy (non-hydrogen) atoms. The summed E-state index contributed by atoms with van der Waals surface area (Å²) in [4.78, 5) is 29.8. The van der Waals surface area contributed by atoms with E-state index in [1.807, 2.05) is 30.3 Å². The second-order valence-electron chi connectivity index (χ2n) is 8.06. The van der Waals surface area contributed by atoms with Crippen molar-refractivity contribution in [3.8, 4) is 5.75 Å². The third kappa shape index (κ3) is 6.32. The third-order valence-corrected chi connectivity index (χ3v) is 7.36. The summed E-state index contributed by atoms with van der Waals surface area (Å²) in [5, 5.41) is 0. The van der Waals surface area contributed by atoms with E-state index in [4.69, 9.17) is 17.0 Å². The van der Waals surface area contributed by atoms with Gasteiger partial charge < -0.3 is 9.64 Å². The van der Waals surface area contributed by atoms with Crippen molar-refractivity contribution < 1.29 is 14.3 Å². The fourth-order valence-corrected chi connectivity index (χ4v) is 5.47. The van der Waals surface area contributed by atoms with Crippen molar-refractivity contribution in [2.24, 2.45) is 0 Å². The van der Waals surface area contributed by atoms with Crippen LogP contribution < -0.4 is 4.74 Å². The quantitative estimate of drug-likeness (QED) is 0.286. The summed E-state index contributed by atoms with van der Waals surface area (Å²) in [6.45, 7) is 3.69. The molecule has 3 rings (SSSR count). The maximum Gasteiger partial charge on any atom is 0.266 e. The van der Waals surface area contributed by atoms with Crippen LogP contribution >= 0.6 is 24.0 Å². The van der Waals surface area contributed by atoms with Crippen LogP contribution in [0.4, 0.5) is 0 Å². The first-order chi connectivity index (χ1) is 15.0. The molecule has 2 heterocycles. The van der Waals surface area contributed by atoms with Crippen molar-refractivity contribution in [1.29, 1.82) is 0 Å². The lowest BCUT2D eigenvalue weighted by atomic mass is 9.99. The van der Waals surface area contributed by atoms with Gasteiger partial charge in [-0.25, -0.2) is 0 Å². The summed E-state index contributed by atoms with van der Waals surface area (Å²) < 4.78 is 5.78. The zero-order chi connectivity index (χ0) is 22.2. The summed E-state index contributed by atoms with van der Waals surface area (Å²) in [6.07, 6.45) is 9.66. The molecule has 1 atom stereocenters. The molecule has 5 nitrogen and oxygen atoms in total. The Balaban J connectivity index is 1.43. The second-order valence-corrected chi connectivity index (χ2v) is 9.74. The highest BCUT2D eigenvalue weighted by molar-refractivity contribution is 8.26. The van der Waals surface area contributed by atoms with Crippen molar-refractivity contribution in [1.82, 2.24) is 9.80 Å². The van der Waals surface area contributed by atoms with Crippen LogP contribution in [0, 0.1) is 0 Å². The van der Waals surface area contributed by atoms with Crippen LogP contribution in [0.25, 0.3) is 6.08 Å². The molecule has 0 radical (unpaired) electrons. The average Bonchev–Trinajstić information content (AvgIpc) is 3.06. The standard InChI is InChI=1S/C24H32N2O3S2/c1-3-19-9-6-8-15-25(19)22(27)10-5-4-7-16-26-23(28)21(31-24(26)30)17-18-11-13-20(29-2)14-12-18/h11-14,17,19H,3-10,15-16H2,1-2H3/b21-17-/t19-/m0/s1. The average molecular weight is 461 g/mol.